The minimum Gasteiger partial charge on any atom is -0.296 e. The number of benzene rings is 1. The van der Waals surface area contributed by atoms with Crippen molar-refractivity contribution in [3.8, 4) is 0 Å². The van der Waals surface area contributed by atoms with Crippen LogP contribution < -0.4 is 0 Å². The van der Waals surface area contributed by atoms with Gasteiger partial charge in [0.05, 0.1) is 0 Å². The molecule has 16 heavy (non-hydrogen) atoms. The molecule has 0 aliphatic rings. The van der Waals surface area contributed by atoms with E-state index >= 15 is 0 Å². The van der Waals surface area contributed by atoms with Gasteiger partial charge in [-0.1, -0.05) is 28.1 Å². The van der Waals surface area contributed by atoms with E-state index < -0.39 is 0 Å². The maximum Gasteiger partial charge on any atom is 0.168 e. The molecule has 0 fully saturated rings. The monoisotopic (exact) mass is 276 g/mol. The van der Waals surface area contributed by atoms with E-state index in [4.69, 9.17) is 0 Å². The second-order valence-corrected chi connectivity index (χ2v) is 4.23. The van der Waals surface area contributed by atoms with E-state index in [1.165, 1.54) is 0 Å². The second-order valence-electron chi connectivity index (χ2n) is 3.32. The first-order valence-corrected chi connectivity index (χ1v) is 5.59. The van der Waals surface area contributed by atoms with Gasteiger partial charge in [-0.2, -0.15) is 0 Å². The summed E-state index contributed by atoms with van der Waals surface area (Å²) in [6, 6.07) is 9.54. The van der Waals surface area contributed by atoms with Gasteiger partial charge >= 0.3 is 0 Å². The average Bonchev–Trinajstić information content (AvgIpc) is 2.32. The van der Waals surface area contributed by atoms with Crippen molar-refractivity contribution in [1.82, 2.24) is 9.97 Å². The van der Waals surface area contributed by atoms with Crippen molar-refractivity contribution in [3.05, 3.63) is 58.1 Å². The number of halogens is 1. The zero-order chi connectivity index (χ0) is 11.4. The zero-order valence-electron chi connectivity index (χ0n) is 8.43. The molecule has 0 N–H and O–H groups in total. The van der Waals surface area contributed by atoms with Gasteiger partial charge in [0.15, 0.2) is 6.29 Å². The van der Waals surface area contributed by atoms with Gasteiger partial charge < -0.3 is 0 Å². The van der Waals surface area contributed by atoms with Crippen LogP contribution in [-0.2, 0) is 6.42 Å². The molecule has 0 bridgehead atoms. The standard InChI is InChI=1S/C12H9BrN2O/c13-10-3-1-9(2-4-10)7-12-14-6-5-11(8-16)15-12/h1-6,8H,7H2. The van der Waals surface area contributed by atoms with Crippen molar-refractivity contribution in [2.45, 2.75) is 6.42 Å². The lowest BCUT2D eigenvalue weighted by atomic mass is 10.1. The zero-order valence-corrected chi connectivity index (χ0v) is 10.0. The first kappa shape index (κ1) is 11.0. The lowest BCUT2D eigenvalue weighted by Gasteiger charge is -2.01. The molecule has 1 heterocycles. The van der Waals surface area contributed by atoms with Crippen molar-refractivity contribution >= 4 is 22.2 Å². The molecule has 0 saturated heterocycles. The van der Waals surface area contributed by atoms with Crippen LogP contribution in [0.3, 0.4) is 0 Å². The van der Waals surface area contributed by atoms with Crippen LogP contribution in [0.5, 0.6) is 0 Å². The van der Waals surface area contributed by atoms with E-state index in [2.05, 4.69) is 25.9 Å². The van der Waals surface area contributed by atoms with Crippen LogP contribution >= 0.6 is 15.9 Å². The van der Waals surface area contributed by atoms with Crippen LogP contribution in [0.2, 0.25) is 0 Å². The largest absolute Gasteiger partial charge is 0.296 e. The average molecular weight is 277 g/mol. The number of rotatable bonds is 3. The SMILES string of the molecule is O=Cc1ccnc(Cc2ccc(Br)cc2)n1. The van der Waals surface area contributed by atoms with Gasteiger partial charge in [0.1, 0.15) is 11.5 Å². The van der Waals surface area contributed by atoms with Gasteiger partial charge in [-0.25, -0.2) is 9.97 Å². The minimum absolute atomic E-state index is 0.419. The van der Waals surface area contributed by atoms with Crippen LogP contribution in [0.1, 0.15) is 21.9 Å². The molecule has 0 saturated carbocycles. The van der Waals surface area contributed by atoms with Crippen molar-refractivity contribution in [2.75, 3.05) is 0 Å². The minimum atomic E-state index is 0.419. The molecule has 4 heteroatoms. The highest BCUT2D eigenvalue weighted by molar-refractivity contribution is 9.10. The normalized spacial score (nSPS) is 10.1. The van der Waals surface area contributed by atoms with Crippen molar-refractivity contribution in [1.29, 1.82) is 0 Å². The fourth-order valence-corrected chi connectivity index (χ4v) is 1.61. The predicted molar refractivity (Wildman–Crippen MR) is 64.4 cm³/mol. The van der Waals surface area contributed by atoms with E-state index in [1.807, 2.05) is 24.3 Å². The Balaban J connectivity index is 2.20. The number of hydrogen-bond donors (Lipinski definition) is 0. The summed E-state index contributed by atoms with van der Waals surface area (Å²) in [6.07, 6.45) is 2.96. The fraction of sp³-hybridized carbons (Fsp3) is 0.0833. The molecular formula is C12H9BrN2O. The van der Waals surface area contributed by atoms with Crippen LogP contribution in [0.15, 0.2) is 41.0 Å². The summed E-state index contributed by atoms with van der Waals surface area (Å²) >= 11 is 3.38. The lowest BCUT2D eigenvalue weighted by Crippen LogP contribution is -1.98. The molecule has 0 radical (unpaired) electrons. The van der Waals surface area contributed by atoms with E-state index in [1.54, 1.807) is 12.3 Å². The molecule has 0 aliphatic heterocycles. The summed E-state index contributed by atoms with van der Waals surface area (Å²) < 4.78 is 1.04. The molecule has 0 aliphatic carbocycles. The Hall–Kier alpha value is -1.55. The van der Waals surface area contributed by atoms with Gasteiger partial charge in [-0.05, 0) is 23.8 Å². The molecule has 2 rings (SSSR count). The summed E-state index contributed by atoms with van der Waals surface area (Å²) in [5.74, 6) is 0.659. The Labute approximate surface area is 102 Å². The van der Waals surface area contributed by atoms with Crippen LogP contribution in [-0.4, -0.2) is 16.3 Å². The summed E-state index contributed by atoms with van der Waals surface area (Å²) in [7, 11) is 0. The Bertz CT molecular complexity index is 497. The maximum atomic E-state index is 10.6. The van der Waals surface area contributed by atoms with Gasteiger partial charge in [0, 0.05) is 17.1 Å². The van der Waals surface area contributed by atoms with Gasteiger partial charge in [0.25, 0.3) is 0 Å². The number of nitrogens with zero attached hydrogens (tertiary/aromatic N) is 2. The second kappa shape index (κ2) is 4.99. The highest BCUT2D eigenvalue weighted by Crippen LogP contribution is 2.12. The third-order valence-electron chi connectivity index (χ3n) is 2.12. The Morgan fingerprint density at radius 1 is 1.19 bits per heavy atom. The summed E-state index contributed by atoms with van der Waals surface area (Å²) in [6.45, 7) is 0. The Kier molecular flexibility index (Phi) is 3.41. The van der Waals surface area contributed by atoms with Crippen LogP contribution in [0.4, 0.5) is 0 Å². The maximum absolute atomic E-state index is 10.6. The number of carbonyl (C=O) groups is 1. The van der Waals surface area contributed by atoms with E-state index in [9.17, 15) is 4.79 Å². The quantitative estimate of drug-likeness (QED) is 0.810. The molecule has 80 valence electrons. The van der Waals surface area contributed by atoms with Crippen molar-refractivity contribution in [2.24, 2.45) is 0 Å². The van der Waals surface area contributed by atoms with Gasteiger partial charge in [-0.3, -0.25) is 4.79 Å². The Morgan fingerprint density at radius 2 is 1.94 bits per heavy atom. The first-order valence-electron chi connectivity index (χ1n) is 4.79. The fourth-order valence-electron chi connectivity index (χ4n) is 1.35. The number of hydrogen-bond acceptors (Lipinski definition) is 3. The van der Waals surface area contributed by atoms with Crippen LogP contribution in [0.25, 0.3) is 0 Å². The lowest BCUT2D eigenvalue weighted by molar-refractivity contribution is 0.111. The topological polar surface area (TPSA) is 42.9 Å². The molecule has 0 amide bonds. The molecule has 0 atom stereocenters. The van der Waals surface area contributed by atoms with E-state index in [0.29, 0.717) is 17.9 Å². The van der Waals surface area contributed by atoms with Crippen molar-refractivity contribution in [3.63, 3.8) is 0 Å². The molecular weight excluding hydrogens is 268 g/mol. The predicted octanol–water partition coefficient (Wildman–Crippen LogP) is 2.64. The van der Waals surface area contributed by atoms with E-state index in [0.717, 1.165) is 16.3 Å². The number of carbonyl (C=O) groups excluding carboxylic acids is 1. The Morgan fingerprint density at radius 3 is 2.62 bits per heavy atom. The van der Waals surface area contributed by atoms with Gasteiger partial charge in [-0.15, -0.1) is 0 Å². The first-order chi connectivity index (χ1) is 7.78. The summed E-state index contributed by atoms with van der Waals surface area (Å²) in [4.78, 5) is 18.8. The third kappa shape index (κ3) is 2.73. The highest BCUT2D eigenvalue weighted by Gasteiger charge is 2.00. The highest BCUT2D eigenvalue weighted by atomic mass is 79.9. The van der Waals surface area contributed by atoms with E-state index in [-0.39, 0.29) is 0 Å². The molecule has 0 unspecified atom stereocenters. The molecule has 1 aromatic heterocycles. The smallest absolute Gasteiger partial charge is 0.168 e. The number of aromatic nitrogens is 2. The third-order valence-corrected chi connectivity index (χ3v) is 2.65. The number of aldehydes is 1. The molecule has 0 spiro atoms. The van der Waals surface area contributed by atoms with Crippen LogP contribution in [0, 0.1) is 0 Å². The molecule has 2 aromatic rings. The molecule has 3 nitrogen and oxygen atoms in total. The van der Waals surface area contributed by atoms with Crippen molar-refractivity contribution < 1.29 is 4.79 Å². The summed E-state index contributed by atoms with van der Waals surface area (Å²) in [5.41, 5.74) is 1.54. The van der Waals surface area contributed by atoms with Gasteiger partial charge in [0.2, 0.25) is 0 Å². The molecule has 1 aromatic carbocycles. The summed E-state index contributed by atoms with van der Waals surface area (Å²) in [5, 5.41) is 0.